The van der Waals surface area contributed by atoms with Gasteiger partial charge < -0.3 is 9.64 Å². The Kier molecular flexibility index (Phi) is 5.91. The molecule has 0 bridgehead atoms. The number of benzene rings is 2. The monoisotopic (exact) mass is 430 g/mol. The van der Waals surface area contributed by atoms with Crippen LogP contribution in [0.2, 0.25) is 5.02 Å². The lowest BCUT2D eigenvalue weighted by molar-refractivity contribution is 0.0620. The second-order valence-corrected chi connectivity index (χ2v) is 7.28. The molecule has 1 aliphatic rings. The lowest BCUT2D eigenvalue weighted by Gasteiger charge is -2.34. The molecular formula is C20H20ClFN6O2. The number of piperazine rings is 1. The maximum atomic E-state index is 14.1. The molecule has 2 heterocycles. The largest absolute Gasteiger partial charge is 0.497 e. The second kappa shape index (κ2) is 8.76. The van der Waals surface area contributed by atoms with E-state index in [0.717, 1.165) is 11.4 Å². The van der Waals surface area contributed by atoms with Crippen molar-refractivity contribution in [2.75, 3.05) is 33.3 Å². The predicted molar refractivity (Wildman–Crippen MR) is 108 cm³/mol. The average molecular weight is 431 g/mol. The fourth-order valence-electron chi connectivity index (χ4n) is 3.40. The highest BCUT2D eigenvalue weighted by atomic mass is 35.5. The van der Waals surface area contributed by atoms with Crippen molar-refractivity contribution in [1.82, 2.24) is 30.0 Å². The van der Waals surface area contributed by atoms with Crippen LogP contribution in [0.4, 0.5) is 4.39 Å². The molecule has 0 spiro atoms. The first-order chi connectivity index (χ1) is 14.6. The van der Waals surface area contributed by atoms with Gasteiger partial charge in [0.25, 0.3) is 5.91 Å². The topological polar surface area (TPSA) is 76.4 Å². The third kappa shape index (κ3) is 4.12. The normalized spacial score (nSPS) is 14.7. The smallest absolute Gasteiger partial charge is 0.258 e. The summed E-state index contributed by atoms with van der Waals surface area (Å²) in [6, 6.07) is 11.7. The van der Waals surface area contributed by atoms with Crippen LogP contribution >= 0.6 is 11.6 Å². The summed E-state index contributed by atoms with van der Waals surface area (Å²) in [5, 5.41) is 12.1. The van der Waals surface area contributed by atoms with Crippen LogP contribution in [0.3, 0.4) is 0 Å². The van der Waals surface area contributed by atoms with Gasteiger partial charge in [-0.15, -0.1) is 5.10 Å². The van der Waals surface area contributed by atoms with Gasteiger partial charge in [0.05, 0.1) is 29.9 Å². The van der Waals surface area contributed by atoms with Gasteiger partial charge in [-0.2, -0.15) is 4.68 Å². The Morgan fingerprint density at radius 1 is 1.13 bits per heavy atom. The zero-order valence-electron chi connectivity index (χ0n) is 16.3. The van der Waals surface area contributed by atoms with Gasteiger partial charge in [0.1, 0.15) is 11.6 Å². The van der Waals surface area contributed by atoms with Gasteiger partial charge in [-0.1, -0.05) is 17.7 Å². The number of methoxy groups -OCH3 is 1. The molecule has 8 nitrogen and oxygen atoms in total. The van der Waals surface area contributed by atoms with Crippen molar-refractivity contribution in [2.24, 2.45) is 0 Å². The summed E-state index contributed by atoms with van der Waals surface area (Å²) in [6.07, 6.45) is 0. The van der Waals surface area contributed by atoms with Crippen LogP contribution in [-0.4, -0.2) is 69.2 Å². The van der Waals surface area contributed by atoms with Gasteiger partial charge in [-0.3, -0.25) is 9.69 Å². The lowest BCUT2D eigenvalue weighted by atomic mass is 10.1. The number of aromatic nitrogens is 4. The van der Waals surface area contributed by atoms with Crippen molar-refractivity contribution in [3.05, 3.63) is 64.7 Å². The van der Waals surface area contributed by atoms with Crippen molar-refractivity contribution in [1.29, 1.82) is 0 Å². The molecule has 1 saturated heterocycles. The number of tetrazole rings is 1. The van der Waals surface area contributed by atoms with Gasteiger partial charge in [-0.25, -0.2) is 4.39 Å². The summed E-state index contributed by atoms with van der Waals surface area (Å²) in [4.78, 5) is 16.5. The molecule has 4 rings (SSSR count). The number of amides is 1. The van der Waals surface area contributed by atoms with Gasteiger partial charge in [0.2, 0.25) is 0 Å². The molecule has 0 aliphatic carbocycles. The average Bonchev–Trinajstić information content (AvgIpc) is 3.22. The van der Waals surface area contributed by atoms with Gasteiger partial charge in [0, 0.05) is 26.2 Å². The number of nitrogens with zero attached hydrogens (tertiary/aromatic N) is 6. The minimum Gasteiger partial charge on any atom is -0.497 e. The van der Waals surface area contributed by atoms with E-state index in [1.807, 2.05) is 24.3 Å². The van der Waals surface area contributed by atoms with Crippen LogP contribution in [0, 0.1) is 5.82 Å². The van der Waals surface area contributed by atoms with Gasteiger partial charge >= 0.3 is 0 Å². The van der Waals surface area contributed by atoms with Crippen molar-refractivity contribution >= 4 is 17.5 Å². The van der Waals surface area contributed by atoms with E-state index in [1.54, 1.807) is 16.7 Å². The fraction of sp³-hybridized carbons (Fsp3) is 0.300. The highest BCUT2D eigenvalue weighted by Crippen LogP contribution is 2.22. The molecule has 0 unspecified atom stereocenters. The third-order valence-corrected chi connectivity index (χ3v) is 5.37. The molecule has 1 amide bonds. The molecule has 1 fully saturated rings. The van der Waals surface area contributed by atoms with Gasteiger partial charge in [0.15, 0.2) is 5.82 Å². The molecule has 0 atom stereocenters. The van der Waals surface area contributed by atoms with Crippen LogP contribution in [0.25, 0.3) is 5.69 Å². The Labute approximate surface area is 177 Å². The summed E-state index contributed by atoms with van der Waals surface area (Å²) in [5.41, 5.74) is 0.759. The zero-order valence-corrected chi connectivity index (χ0v) is 17.1. The summed E-state index contributed by atoms with van der Waals surface area (Å²) < 4.78 is 20.9. The highest BCUT2D eigenvalue weighted by molar-refractivity contribution is 6.33. The lowest BCUT2D eigenvalue weighted by Crippen LogP contribution is -2.48. The second-order valence-electron chi connectivity index (χ2n) is 6.87. The number of hydrogen-bond acceptors (Lipinski definition) is 6. The van der Waals surface area contributed by atoms with E-state index in [4.69, 9.17) is 16.3 Å². The van der Waals surface area contributed by atoms with Crippen molar-refractivity contribution in [2.45, 2.75) is 6.54 Å². The maximum absolute atomic E-state index is 14.1. The van der Waals surface area contributed by atoms with Crippen molar-refractivity contribution in [3.8, 4) is 11.4 Å². The molecule has 0 N–H and O–H groups in total. The molecule has 0 saturated carbocycles. The molecule has 0 radical (unpaired) electrons. The van der Waals surface area contributed by atoms with Crippen LogP contribution in [0.15, 0.2) is 42.5 Å². The Morgan fingerprint density at radius 2 is 1.87 bits per heavy atom. The Hall–Kier alpha value is -3.04. The first-order valence-electron chi connectivity index (χ1n) is 9.44. The molecule has 10 heteroatoms. The quantitative estimate of drug-likeness (QED) is 0.618. The first kappa shape index (κ1) is 20.2. The third-order valence-electron chi connectivity index (χ3n) is 5.05. The van der Waals surface area contributed by atoms with Crippen LogP contribution in [0.5, 0.6) is 5.75 Å². The van der Waals surface area contributed by atoms with Crippen LogP contribution in [0.1, 0.15) is 16.2 Å². The van der Waals surface area contributed by atoms with E-state index in [1.165, 1.54) is 18.2 Å². The molecule has 2 aromatic carbocycles. The van der Waals surface area contributed by atoms with Crippen molar-refractivity contribution in [3.63, 3.8) is 0 Å². The number of ether oxygens (including phenoxy) is 1. The summed E-state index contributed by atoms with van der Waals surface area (Å²) in [5.74, 6) is 0.454. The molecule has 1 aromatic heterocycles. The zero-order chi connectivity index (χ0) is 21.1. The van der Waals surface area contributed by atoms with E-state index in [2.05, 4.69) is 20.4 Å². The predicted octanol–water partition coefficient (Wildman–Crippen LogP) is 2.42. The number of hydrogen-bond donors (Lipinski definition) is 0. The molecule has 30 heavy (non-hydrogen) atoms. The van der Waals surface area contributed by atoms with E-state index < -0.39 is 5.82 Å². The number of rotatable bonds is 5. The maximum Gasteiger partial charge on any atom is 0.258 e. The standard InChI is InChI=1S/C20H20ClFN6O2/c1-30-15-7-5-14(6-8-15)28-18(23-24-25-28)13-26-9-11-27(12-10-26)20(29)19-16(21)3-2-4-17(19)22/h2-8H,9-13H2,1H3. The number of carbonyl (C=O) groups is 1. The molecular weight excluding hydrogens is 411 g/mol. The first-order valence-corrected chi connectivity index (χ1v) is 9.82. The minimum atomic E-state index is -0.603. The summed E-state index contributed by atoms with van der Waals surface area (Å²) in [7, 11) is 1.61. The van der Waals surface area contributed by atoms with E-state index in [-0.39, 0.29) is 16.5 Å². The van der Waals surface area contributed by atoms with Gasteiger partial charge in [-0.05, 0) is 46.8 Å². The minimum absolute atomic E-state index is 0.0731. The van der Waals surface area contributed by atoms with Crippen molar-refractivity contribution < 1.29 is 13.9 Å². The molecule has 3 aromatic rings. The Balaban J connectivity index is 1.40. The highest BCUT2D eigenvalue weighted by Gasteiger charge is 2.26. The summed E-state index contributed by atoms with van der Waals surface area (Å²) in [6.45, 7) is 2.70. The SMILES string of the molecule is COc1ccc(-n2nnnc2CN2CCN(C(=O)c3c(F)cccc3Cl)CC2)cc1. The van der Waals surface area contributed by atoms with Crippen LogP contribution in [-0.2, 0) is 6.54 Å². The molecule has 1 aliphatic heterocycles. The van der Waals surface area contributed by atoms with Crippen LogP contribution < -0.4 is 4.74 Å². The number of halogens is 2. The fourth-order valence-corrected chi connectivity index (χ4v) is 3.64. The number of carbonyl (C=O) groups excluding carboxylic acids is 1. The van der Waals surface area contributed by atoms with E-state index in [9.17, 15) is 9.18 Å². The summed E-state index contributed by atoms with van der Waals surface area (Å²) >= 11 is 6.03. The van der Waals surface area contributed by atoms with E-state index >= 15 is 0 Å². The molecule has 156 valence electrons. The Bertz CT molecular complexity index is 1010. The Morgan fingerprint density at radius 3 is 2.53 bits per heavy atom. The van der Waals surface area contributed by atoms with E-state index in [0.29, 0.717) is 38.5 Å².